The minimum atomic E-state index is 0.140. The van der Waals surface area contributed by atoms with Gasteiger partial charge in [0.05, 0.1) is 23.5 Å². The average molecular weight is 370 g/mol. The molecule has 0 aliphatic carbocycles. The van der Waals surface area contributed by atoms with Crippen molar-refractivity contribution in [3.8, 4) is 0 Å². The molecule has 0 saturated carbocycles. The Hall–Kier alpha value is -1.92. The molecule has 1 aromatic heterocycles. The largest absolute Gasteiger partial charge is 0.340 e. The number of rotatable bonds is 4. The van der Waals surface area contributed by atoms with E-state index in [9.17, 15) is 4.79 Å². The van der Waals surface area contributed by atoms with Crippen LogP contribution in [0.15, 0.2) is 24.3 Å². The van der Waals surface area contributed by atoms with E-state index in [1.54, 1.807) is 0 Å². The highest BCUT2D eigenvalue weighted by atomic mass is 16.2. The van der Waals surface area contributed by atoms with Crippen LogP contribution in [0.2, 0.25) is 0 Å². The van der Waals surface area contributed by atoms with Crippen molar-refractivity contribution in [3.63, 3.8) is 0 Å². The van der Waals surface area contributed by atoms with Gasteiger partial charge in [-0.3, -0.25) is 9.69 Å². The van der Waals surface area contributed by atoms with E-state index in [4.69, 9.17) is 4.98 Å². The summed E-state index contributed by atoms with van der Waals surface area (Å²) < 4.78 is 2.31. The molecule has 3 heterocycles. The van der Waals surface area contributed by atoms with Gasteiger partial charge in [-0.15, -0.1) is 0 Å². The zero-order valence-electron chi connectivity index (χ0n) is 16.6. The number of imidazole rings is 1. The van der Waals surface area contributed by atoms with Crippen LogP contribution in [0.1, 0.15) is 25.6 Å². The molecular formula is C21H31N5O. The first-order valence-electron chi connectivity index (χ1n) is 10.3. The van der Waals surface area contributed by atoms with Gasteiger partial charge in [0.25, 0.3) is 0 Å². The molecule has 2 aliphatic heterocycles. The van der Waals surface area contributed by atoms with Gasteiger partial charge in [-0.2, -0.15) is 0 Å². The molecule has 0 N–H and O–H groups in total. The Morgan fingerprint density at radius 2 is 1.93 bits per heavy atom. The van der Waals surface area contributed by atoms with Crippen molar-refractivity contribution in [1.29, 1.82) is 0 Å². The van der Waals surface area contributed by atoms with Crippen molar-refractivity contribution in [1.82, 2.24) is 24.3 Å². The van der Waals surface area contributed by atoms with Crippen LogP contribution in [0.4, 0.5) is 0 Å². The summed E-state index contributed by atoms with van der Waals surface area (Å²) in [5.74, 6) is 1.62. The van der Waals surface area contributed by atoms with E-state index >= 15 is 0 Å². The fraction of sp³-hybridized carbons (Fsp3) is 0.619. The molecule has 4 rings (SSSR count). The molecule has 146 valence electrons. The molecule has 6 heteroatoms. The number of carbonyl (C=O) groups excluding carboxylic acids is 1. The van der Waals surface area contributed by atoms with Crippen LogP contribution in [-0.4, -0.2) is 76.5 Å². The number of hydrogen-bond donors (Lipinski definition) is 0. The van der Waals surface area contributed by atoms with Crippen LogP contribution in [0, 0.1) is 5.92 Å². The number of carbonyl (C=O) groups is 1. The third-order valence-electron chi connectivity index (χ3n) is 6.08. The maximum Gasteiger partial charge on any atom is 0.227 e. The molecule has 1 atom stereocenters. The second kappa shape index (κ2) is 7.98. The Bertz CT molecular complexity index is 793. The molecule has 2 aromatic rings. The topological polar surface area (TPSA) is 44.6 Å². The minimum absolute atomic E-state index is 0.140. The van der Waals surface area contributed by atoms with Crippen molar-refractivity contribution in [2.75, 3.05) is 46.3 Å². The predicted octanol–water partition coefficient (Wildman–Crippen LogP) is 2.04. The molecule has 1 aromatic carbocycles. The van der Waals surface area contributed by atoms with Crippen LogP contribution < -0.4 is 0 Å². The fourth-order valence-electron chi connectivity index (χ4n) is 4.48. The number of piperidine rings is 1. The van der Waals surface area contributed by atoms with Crippen LogP contribution >= 0.6 is 0 Å². The van der Waals surface area contributed by atoms with Gasteiger partial charge in [-0.25, -0.2) is 4.98 Å². The Kier molecular flexibility index (Phi) is 5.45. The molecule has 0 unspecified atom stereocenters. The first-order valence-corrected chi connectivity index (χ1v) is 10.3. The molecule has 6 nitrogen and oxygen atoms in total. The summed E-state index contributed by atoms with van der Waals surface area (Å²) in [6.07, 6.45) is 2.11. The Morgan fingerprint density at radius 1 is 1.15 bits per heavy atom. The molecule has 27 heavy (non-hydrogen) atoms. The van der Waals surface area contributed by atoms with Crippen molar-refractivity contribution in [2.24, 2.45) is 5.92 Å². The van der Waals surface area contributed by atoms with Gasteiger partial charge in [-0.05, 0) is 45.5 Å². The quantitative estimate of drug-likeness (QED) is 0.827. The van der Waals surface area contributed by atoms with Crippen molar-refractivity contribution in [2.45, 2.75) is 32.9 Å². The summed E-state index contributed by atoms with van der Waals surface area (Å²) >= 11 is 0. The molecule has 2 fully saturated rings. The third-order valence-corrected chi connectivity index (χ3v) is 6.08. The fourth-order valence-corrected chi connectivity index (χ4v) is 4.48. The summed E-state index contributed by atoms with van der Waals surface area (Å²) in [6.45, 7) is 9.56. The lowest BCUT2D eigenvalue weighted by Gasteiger charge is -2.38. The number of nitrogens with zero attached hydrogens (tertiary/aromatic N) is 5. The number of likely N-dealkylation sites (tertiary alicyclic amines) is 1. The highest BCUT2D eigenvalue weighted by Crippen LogP contribution is 2.23. The average Bonchev–Trinajstić information content (AvgIpc) is 3.05. The molecule has 0 radical (unpaired) electrons. The molecular weight excluding hydrogens is 338 g/mol. The second-order valence-corrected chi connectivity index (χ2v) is 7.96. The van der Waals surface area contributed by atoms with E-state index in [0.29, 0.717) is 5.91 Å². The highest BCUT2D eigenvalue weighted by molar-refractivity contribution is 5.79. The van der Waals surface area contributed by atoms with Gasteiger partial charge < -0.3 is 14.4 Å². The number of piperazine rings is 1. The molecule has 0 bridgehead atoms. The monoisotopic (exact) mass is 369 g/mol. The van der Waals surface area contributed by atoms with Crippen LogP contribution in [0.3, 0.4) is 0 Å². The van der Waals surface area contributed by atoms with Gasteiger partial charge in [0, 0.05) is 39.3 Å². The van der Waals surface area contributed by atoms with E-state index < -0.39 is 0 Å². The number of fused-ring (bicyclic) bond motifs is 1. The van der Waals surface area contributed by atoms with Gasteiger partial charge >= 0.3 is 0 Å². The summed E-state index contributed by atoms with van der Waals surface area (Å²) in [5.41, 5.74) is 2.27. The van der Waals surface area contributed by atoms with E-state index in [1.807, 2.05) is 6.07 Å². The van der Waals surface area contributed by atoms with E-state index in [-0.39, 0.29) is 5.92 Å². The summed E-state index contributed by atoms with van der Waals surface area (Å²) in [7, 11) is 2.13. The SMILES string of the molecule is CCn1c(CN2CCC[C@@H](C(=O)N3CCN(C)CC3)C2)nc2ccccc21. The first kappa shape index (κ1) is 18.4. The molecule has 0 spiro atoms. The highest BCUT2D eigenvalue weighted by Gasteiger charge is 2.31. The van der Waals surface area contributed by atoms with E-state index in [0.717, 1.165) is 76.5 Å². The summed E-state index contributed by atoms with van der Waals surface area (Å²) in [5, 5.41) is 0. The minimum Gasteiger partial charge on any atom is -0.340 e. The molecule has 2 saturated heterocycles. The Labute approximate surface area is 161 Å². The second-order valence-electron chi connectivity index (χ2n) is 7.96. The lowest BCUT2D eigenvalue weighted by atomic mass is 9.96. The van der Waals surface area contributed by atoms with Crippen molar-refractivity contribution >= 4 is 16.9 Å². The number of amides is 1. The van der Waals surface area contributed by atoms with Crippen molar-refractivity contribution < 1.29 is 4.79 Å². The number of hydrogen-bond acceptors (Lipinski definition) is 4. The number of likely N-dealkylation sites (N-methyl/N-ethyl adjacent to an activating group) is 1. The number of para-hydroxylation sites is 2. The zero-order chi connectivity index (χ0) is 18.8. The smallest absolute Gasteiger partial charge is 0.227 e. The Balaban J connectivity index is 1.44. The van der Waals surface area contributed by atoms with Gasteiger partial charge in [-0.1, -0.05) is 12.1 Å². The lowest BCUT2D eigenvalue weighted by Crippen LogP contribution is -2.51. The standard InChI is InChI=1S/C21H31N5O/c1-3-26-19-9-5-4-8-18(19)22-20(26)16-24-10-6-7-17(15-24)21(27)25-13-11-23(2)12-14-25/h4-5,8-9,17H,3,6-7,10-16H2,1-2H3/t17-/m1/s1. The predicted molar refractivity (Wildman–Crippen MR) is 107 cm³/mol. The van der Waals surface area contributed by atoms with Gasteiger partial charge in [0.1, 0.15) is 5.82 Å². The van der Waals surface area contributed by atoms with Crippen LogP contribution in [0.25, 0.3) is 11.0 Å². The number of aromatic nitrogens is 2. The summed E-state index contributed by atoms with van der Waals surface area (Å²) in [4.78, 5) is 24.7. The molecule has 2 aliphatic rings. The van der Waals surface area contributed by atoms with Crippen LogP contribution in [-0.2, 0) is 17.9 Å². The van der Waals surface area contributed by atoms with Crippen molar-refractivity contribution in [3.05, 3.63) is 30.1 Å². The normalized spacial score (nSPS) is 22.4. The number of aryl methyl sites for hydroxylation is 1. The number of benzene rings is 1. The summed E-state index contributed by atoms with van der Waals surface area (Å²) in [6, 6.07) is 8.35. The maximum atomic E-state index is 13.0. The molecule has 1 amide bonds. The first-order chi connectivity index (χ1) is 13.2. The van der Waals surface area contributed by atoms with E-state index in [1.165, 1.54) is 5.52 Å². The van der Waals surface area contributed by atoms with E-state index in [2.05, 4.69) is 51.4 Å². The maximum absolute atomic E-state index is 13.0. The van der Waals surface area contributed by atoms with Gasteiger partial charge in [0.15, 0.2) is 0 Å². The van der Waals surface area contributed by atoms with Crippen LogP contribution in [0.5, 0.6) is 0 Å². The third kappa shape index (κ3) is 3.87. The lowest BCUT2D eigenvalue weighted by molar-refractivity contribution is -0.139. The zero-order valence-corrected chi connectivity index (χ0v) is 16.6. The Morgan fingerprint density at radius 3 is 2.70 bits per heavy atom. The van der Waals surface area contributed by atoms with Gasteiger partial charge in [0.2, 0.25) is 5.91 Å².